The van der Waals surface area contributed by atoms with E-state index in [0.29, 0.717) is 5.92 Å². The van der Waals surface area contributed by atoms with E-state index >= 15 is 0 Å². The molecule has 1 atom stereocenters. The summed E-state index contributed by atoms with van der Waals surface area (Å²) in [6.07, 6.45) is 4.91. The van der Waals surface area contributed by atoms with Crippen molar-refractivity contribution >= 4 is 11.4 Å². The average Bonchev–Trinajstić information content (AvgIpc) is 2.26. The second-order valence-corrected chi connectivity index (χ2v) is 4.18. The van der Waals surface area contributed by atoms with Crippen LogP contribution < -0.4 is 10.2 Å². The highest BCUT2D eigenvalue weighted by Gasteiger charge is 2.04. The van der Waals surface area contributed by atoms with Crippen molar-refractivity contribution in [1.29, 1.82) is 0 Å². The van der Waals surface area contributed by atoms with Gasteiger partial charge < -0.3 is 10.2 Å². The maximum Gasteiger partial charge on any atom is 0.0764 e. The van der Waals surface area contributed by atoms with Gasteiger partial charge in [0, 0.05) is 26.8 Å². The standard InChI is InChI=1S/C12H21N3/c1-5-10(2)8-14-11-9-13-7-6-12(11)15(3)4/h6-7,9-10,14H,5,8H2,1-4H3. The summed E-state index contributed by atoms with van der Waals surface area (Å²) in [5.74, 6) is 0.695. The van der Waals surface area contributed by atoms with Crippen LogP contribution in [0.2, 0.25) is 0 Å². The van der Waals surface area contributed by atoms with Gasteiger partial charge in [-0.1, -0.05) is 20.3 Å². The number of rotatable bonds is 5. The first-order valence-corrected chi connectivity index (χ1v) is 5.50. The first-order chi connectivity index (χ1) is 7.15. The molecule has 1 rings (SSSR count). The molecule has 15 heavy (non-hydrogen) atoms. The van der Waals surface area contributed by atoms with Crippen molar-refractivity contribution in [1.82, 2.24) is 4.98 Å². The monoisotopic (exact) mass is 207 g/mol. The number of hydrogen-bond donors (Lipinski definition) is 1. The maximum atomic E-state index is 4.14. The SMILES string of the molecule is CCC(C)CNc1cnccc1N(C)C. The molecule has 1 unspecified atom stereocenters. The smallest absolute Gasteiger partial charge is 0.0764 e. The zero-order chi connectivity index (χ0) is 11.3. The highest BCUT2D eigenvalue weighted by atomic mass is 15.1. The first-order valence-electron chi connectivity index (χ1n) is 5.50. The first kappa shape index (κ1) is 11.8. The number of aromatic nitrogens is 1. The molecule has 84 valence electrons. The summed E-state index contributed by atoms with van der Waals surface area (Å²) in [4.78, 5) is 6.24. The normalized spacial score (nSPS) is 12.3. The molecule has 0 aromatic carbocycles. The molecule has 0 fully saturated rings. The Labute approximate surface area is 92.5 Å². The topological polar surface area (TPSA) is 28.2 Å². The van der Waals surface area contributed by atoms with Gasteiger partial charge in [-0.15, -0.1) is 0 Å². The molecule has 0 radical (unpaired) electrons. The zero-order valence-corrected chi connectivity index (χ0v) is 10.1. The van der Waals surface area contributed by atoms with Gasteiger partial charge in [0.25, 0.3) is 0 Å². The molecule has 0 amide bonds. The van der Waals surface area contributed by atoms with Gasteiger partial charge in [0.05, 0.1) is 17.6 Å². The van der Waals surface area contributed by atoms with Gasteiger partial charge in [-0.3, -0.25) is 4.98 Å². The summed E-state index contributed by atoms with van der Waals surface area (Å²) in [7, 11) is 4.09. The third kappa shape index (κ3) is 3.42. The summed E-state index contributed by atoms with van der Waals surface area (Å²) in [6, 6.07) is 2.03. The highest BCUT2D eigenvalue weighted by molar-refractivity contribution is 5.67. The third-order valence-corrected chi connectivity index (χ3v) is 2.62. The van der Waals surface area contributed by atoms with Gasteiger partial charge in [-0.2, -0.15) is 0 Å². The minimum atomic E-state index is 0.695. The van der Waals surface area contributed by atoms with E-state index in [1.807, 2.05) is 32.6 Å². The second-order valence-electron chi connectivity index (χ2n) is 4.18. The zero-order valence-electron chi connectivity index (χ0n) is 10.1. The van der Waals surface area contributed by atoms with Crippen molar-refractivity contribution in [3.05, 3.63) is 18.5 Å². The Kier molecular flexibility index (Phi) is 4.40. The second kappa shape index (κ2) is 5.59. The van der Waals surface area contributed by atoms with Crippen molar-refractivity contribution in [3.63, 3.8) is 0 Å². The van der Waals surface area contributed by atoms with Gasteiger partial charge in [0.2, 0.25) is 0 Å². The van der Waals surface area contributed by atoms with Crippen LogP contribution in [-0.2, 0) is 0 Å². The molecule has 1 heterocycles. The number of anilines is 2. The Morgan fingerprint density at radius 1 is 1.47 bits per heavy atom. The quantitative estimate of drug-likeness (QED) is 0.804. The van der Waals surface area contributed by atoms with Crippen molar-refractivity contribution in [2.24, 2.45) is 5.92 Å². The Hall–Kier alpha value is -1.25. The van der Waals surface area contributed by atoms with E-state index in [2.05, 4.69) is 29.0 Å². The van der Waals surface area contributed by atoms with Crippen LogP contribution in [0.3, 0.4) is 0 Å². The van der Waals surface area contributed by atoms with Crippen LogP contribution in [0.15, 0.2) is 18.5 Å². The lowest BCUT2D eigenvalue weighted by atomic mass is 10.1. The van der Waals surface area contributed by atoms with Crippen LogP contribution in [-0.4, -0.2) is 25.6 Å². The molecule has 0 aliphatic carbocycles. The Morgan fingerprint density at radius 2 is 2.20 bits per heavy atom. The molecule has 3 heteroatoms. The van der Waals surface area contributed by atoms with Crippen LogP contribution in [0.1, 0.15) is 20.3 Å². The molecule has 0 spiro atoms. The van der Waals surface area contributed by atoms with E-state index < -0.39 is 0 Å². The van der Waals surface area contributed by atoms with E-state index in [4.69, 9.17) is 0 Å². The van der Waals surface area contributed by atoms with Crippen molar-refractivity contribution in [2.75, 3.05) is 30.9 Å². The van der Waals surface area contributed by atoms with E-state index in [1.54, 1.807) is 0 Å². The van der Waals surface area contributed by atoms with Gasteiger partial charge in [-0.05, 0) is 12.0 Å². The molecular weight excluding hydrogens is 186 g/mol. The van der Waals surface area contributed by atoms with Crippen LogP contribution in [0.4, 0.5) is 11.4 Å². The highest BCUT2D eigenvalue weighted by Crippen LogP contribution is 2.22. The van der Waals surface area contributed by atoms with E-state index in [0.717, 1.165) is 12.2 Å². The summed E-state index contributed by atoms with van der Waals surface area (Å²) in [5, 5.41) is 3.44. The van der Waals surface area contributed by atoms with Crippen LogP contribution in [0, 0.1) is 5.92 Å². The molecule has 1 N–H and O–H groups in total. The molecular formula is C12H21N3. The number of pyridine rings is 1. The van der Waals surface area contributed by atoms with Crippen LogP contribution in [0.25, 0.3) is 0 Å². The molecule has 0 aliphatic rings. The van der Waals surface area contributed by atoms with Gasteiger partial charge in [-0.25, -0.2) is 0 Å². The van der Waals surface area contributed by atoms with Gasteiger partial charge >= 0.3 is 0 Å². The molecule has 0 saturated carbocycles. The third-order valence-electron chi connectivity index (χ3n) is 2.62. The minimum absolute atomic E-state index is 0.695. The summed E-state index contributed by atoms with van der Waals surface area (Å²) in [5.41, 5.74) is 2.30. The Bertz CT molecular complexity index is 297. The predicted octanol–water partition coefficient (Wildman–Crippen LogP) is 2.61. The lowest BCUT2D eigenvalue weighted by molar-refractivity contribution is 0.593. The fourth-order valence-corrected chi connectivity index (χ4v) is 1.34. The van der Waals surface area contributed by atoms with Crippen LogP contribution >= 0.6 is 0 Å². The Morgan fingerprint density at radius 3 is 2.80 bits per heavy atom. The van der Waals surface area contributed by atoms with Crippen molar-refractivity contribution < 1.29 is 0 Å². The number of hydrogen-bond acceptors (Lipinski definition) is 3. The number of nitrogens with one attached hydrogen (secondary N) is 1. The van der Waals surface area contributed by atoms with E-state index in [1.165, 1.54) is 12.1 Å². The van der Waals surface area contributed by atoms with Crippen molar-refractivity contribution in [2.45, 2.75) is 20.3 Å². The number of nitrogens with zero attached hydrogens (tertiary/aromatic N) is 2. The van der Waals surface area contributed by atoms with Gasteiger partial charge in [0.1, 0.15) is 0 Å². The van der Waals surface area contributed by atoms with Gasteiger partial charge in [0.15, 0.2) is 0 Å². The van der Waals surface area contributed by atoms with E-state index in [-0.39, 0.29) is 0 Å². The molecule has 0 aliphatic heterocycles. The molecule has 3 nitrogen and oxygen atoms in total. The molecule has 1 aromatic rings. The fraction of sp³-hybridized carbons (Fsp3) is 0.583. The fourth-order valence-electron chi connectivity index (χ4n) is 1.34. The van der Waals surface area contributed by atoms with Crippen molar-refractivity contribution in [3.8, 4) is 0 Å². The Balaban J connectivity index is 2.67. The summed E-state index contributed by atoms with van der Waals surface area (Å²) in [6.45, 7) is 5.46. The molecule has 0 saturated heterocycles. The predicted molar refractivity (Wildman–Crippen MR) is 66.5 cm³/mol. The lowest BCUT2D eigenvalue weighted by Crippen LogP contribution is -2.15. The maximum absolute atomic E-state index is 4.14. The van der Waals surface area contributed by atoms with Crippen LogP contribution in [0.5, 0.6) is 0 Å². The molecule has 1 aromatic heterocycles. The minimum Gasteiger partial charge on any atom is -0.382 e. The largest absolute Gasteiger partial charge is 0.382 e. The average molecular weight is 207 g/mol. The molecule has 0 bridgehead atoms. The lowest BCUT2D eigenvalue weighted by Gasteiger charge is -2.19. The van der Waals surface area contributed by atoms with E-state index in [9.17, 15) is 0 Å². The summed E-state index contributed by atoms with van der Waals surface area (Å²) >= 11 is 0. The summed E-state index contributed by atoms with van der Waals surface area (Å²) < 4.78 is 0.